The summed E-state index contributed by atoms with van der Waals surface area (Å²) in [6.45, 7) is 4.54. The minimum absolute atomic E-state index is 0.0391. The zero-order valence-electron chi connectivity index (χ0n) is 16.8. The number of pyridine rings is 1. The summed E-state index contributed by atoms with van der Waals surface area (Å²) in [7, 11) is 0. The van der Waals surface area contributed by atoms with Crippen molar-refractivity contribution in [3.8, 4) is 0 Å². The monoisotopic (exact) mass is 387 g/mol. The molecule has 1 unspecified atom stereocenters. The SMILES string of the molecule is CCc1cccc(CC)c1NC(=O)C1CC(=O)N(c2cccc3cccnc23)C1. The first-order valence-electron chi connectivity index (χ1n) is 10.2. The summed E-state index contributed by atoms with van der Waals surface area (Å²) in [6, 6.07) is 15.8. The number of amides is 2. The van der Waals surface area contributed by atoms with E-state index >= 15 is 0 Å². The van der Waals surface area contributed by atoms with Crippen LogP contribution in [0.1, 0.15) is 31.4 Å². The molecule has 2 amide bonds. The second-order valence-electron chi connectivity index (χ2n) is 7.41. The lowest BCUT2D eigenvalue weighted by Gasteiger charge is -2.19. The predicted molar refractivity (Wildman–Crippen MR) is 116 cm³/mol. The highest BCUT2D eigenvalue weighted by molar-refractivity contribution is 6.07. The Balaban J connectivity index is 1.58. The van der Waals surface area contributed by atoms with Gasteiger partial charge in [-0.3, -0.25) is 14.6 Å². The van der Waals surface area contributed by atoms with Crippen LogP contribution in [0.3, 0.4) is 0 Å². The van der Waals surface area contributed by atoms with E-state index in [9.17, 15) is 9.59 Å². The molecule has 1 atom stereocenters. The topological polar surface area (TPSA) is 62.3 Å². The molecule has 3 aromatic rings. The molecule has 0 aliphatic carbocycles. The fraction of sp³-hybridized carbons (Fsp3) is 0.292. The molecule has 2 aromatic carbocycles. The van der Waals surface area contributed by atoms with Gasteiger partial charge in [0.25, 0.3) is 0 Å². The number of hydrogen-bond donors (Lipinski definition) is 1. The number of carbonyl (C=O) groups excluding carboxylic acids is 2. The van der Waals surface area contributed by atoms with Gasteiger partial charge in [0.2, 0.25) is 11.8 Å². The van der Waals surface area contributed by atoms with Crippen molar-refractivity contribution in [2.75, 3.05) is 16.8 Å². The molecule has 1 fully saturated rings. The Labute approximate surface area is 170 Å². The Bertz CT molecular complexity index is 1050. The normalized spacial score (nSPS) is 16.4. The average Bonchev–Trinajstić information content (AvgIpc) is 3.15. The first-order valence-corrected chi connectivity index (χ1v) is 10.2. The van der Waals surface area contributed by atoms with Crippen LogP contribution in [0, 0.1) is 5.92 Å². The molecule has 0 bridgehead atoms. The number of nitrogens with zero attached hydrogens (tertiary/aromatic N) is 2. The van der Waals surface area contributed by atoms with Gasteiger partial charge in [-0.1, -0.05) is 50.2 Å². The molecular weight excluding hydrogens is 362 g/mol. The Morgan fingerprint density at radius 1 is 1.07 bits per heavy atom. The van der Waals surface area contributed by atoms with E-state index in [1.807, 2.05) is 48.5 Å². The molecule has 148 valence electrons. The number of fused-ring (bicyclic) bond motifs is 1. The molecule has 1 aliphatic heterocycles. The third-order valence-electron chi connectivity index (χ3n) is 5.65. The number of aromatic nitrogens is 1. The zero-order chi connectivity index (χ0) is 20.4. The first kappa shape index (κ1) is 19.1. The average molecular weight is 387 g/mol. The maximum atomic E-state index is 13.0. The molecule has 1 N–H and O–H groups in total. The smallest absolute Gasteiger partial charge is 0.229 e. The van der Waals surface area contributed by atoms with E-state index in [4.69, 9.17) is 0 Å². The van der Waals surface area contributed by atoms with E-state index in [0.717, 1.165) is 46.2 Å². The fourth-order valence-electron chi connectivity index (χ4n) is 4.05. The third-order valence-corrected chi connectivity index (χ3v) is 5.65. The number of hydrogen-bond acceptors (Lipinski definition) is 3. The number of nitrogens with one attached hydrogen (secondary N) is 1. The van der Waals surface area contributed by atoms with Gasteiger partial charge in [-0.25, -0.2) is 0 Å². The summed E-state index contributed by atoms with van der Waals surface area (Å²) >= 11 is 0. The molecule has 1 aliphatic rings. The molecule has 0 spiro atoms. The van der Waals surface area contributed by atoms with Crippen molar-refractivity contribution in [1.29, 1.82) is 0 Å². The molecule has 2 heterocycles. The van der Waals surface area contributed by atoms with Crippen LogP contribution < -0.4 is 10.2 Å². The molecule has 1 saturated heterocycles. The molecule has 0 radical (unpaired) electrons. The Morgan fingerprint density at radius 3 is 2.48 bits per heavy atom. The highest BCUT2D eigenvalue weighted by Gasteiger charge is 2.36. The maximum absolute atomic E-state index is 13.0. The number of aryl methyl sites for hydroxylation is 2. The molecule has 4 rings (SSSR count). The standard InChI is InChI=1S/C24H25N3O2/c1-3-16-8-5-9-17(4-2)22(16)26-24(29)19-14-21(28)27(15-19)20-12-6-10-18-11-7-13-25-23(18)20/h5-13,19H,3-4,14-15H2,1-2H3,(H,26,29). The second-order valence-corrected chi connectivity index (χ2v) is 7.41. The van der Waals surface area contributed by atoms with Crippen molar-refractivity contribution in [3.63, 3.8) is 0 Å². The van der Waals surface area contributed by atoms with Crippen LogP contribution in [-0.2, 0) is 22.4 Å². The van der Waals surface area contributed by atoms with E-state index < -0.39 is 0 Å². The number of rotatable bonds is 5. The van der Waals surface area contributed by atoms with Crippen molar-refractivity contribution < 1.29 is 9.59 Å². The van der Waals surface area contributed by atoms with Gasteiger partial charge >= 0.3 is 0 Å². The largest absolute Gasteiger partial charge is 0.325 e. The van der Waals surface area contributed by atoms with Gasteiger partial charge < -0.3 is 10.2 Å². The van der Waals surface area contributed by atoms with Gasteiger partial charge in [0.1, 0.15) is 0 Å². The van der Waals surface area contributed by atoms with E-state index in [-0.39, 0.29) is 24.2 Å². The van der Waals surface area contributed by atoms with E-state index in [2.05, 4.69) is 24.1 Å². The van der Waals surface area contributed by atoms with Crippen LogP contribution in [0.25, 0.3) is 10.9 Å². The maximum Gasteiger partial charge on any atom is 0.229 e. The summed E-state index contributed by atoms with van der Waals surface area (Å²) in [5.74, 6) is -0.511. The lowest BCUT2D eigenvalue weighted by atomic mass is 10.0. The van der Waals surface area contributed by atoms with Gasteiger partial charge in [-0.05, 0) is 36.1 Å². The van der Waals surface area contributed by atoms with Gasteiger partial charge in [-0.2, -0.15) is 0 Å². The van der Waals surface area contributed by atoms with Crippen LogP contribution in [-0.4, -0.2) is 23.3 Å². The summed E-state index contributed by atoms with van der Waals surface area (Å²) in [5.41, 5.74) is 4.70. The molecule has 5 nitrogen and oxygen atoms in total. The van der Waals surface area contributed by atoms with Crippen molar-refractivity contribution in [1.82, 2.24) is 4.98 Å². The summed E-state index contributed by atoms with van der Waals surface area (Å²) in [4.78, 5) is 31.9. The molecular formula is C24H25N3O2. The van der Waals surface area contributed by atoms with Gasteiger partial charge in [0, 0.05) is 30.2 Å². The lowest BCUT2D eigenvalue weighted by Crippen LogP contribution is -2.28. The third kappa shape index (κ3) is 3.60. The van der Waals surface area contributed by atoms with Crippen molar-refractivity contribution in [2.45, 2.75) is 33.1 Å². The molecule has 0 saturated carbocycles. The number of carbonyl (C=O) groups is 2. The zero-order valence-corrected chi connectivity index (χ0v) is 16.8. The van der Waals surface area contributed by atoms with Crippen LogP contribution in [0.15, 0.2) is 54.7 Å². The fourth-order valence-corrected chi connectivity index (χ4v) is 4.05. The second kappa shape index (κ2) is 8.03. The Morgan fingerprint density at radius 2 is 1.76 bits per heavy atom. The highest BCUT2D eigenvalue weighted by atomic mass is 16.2. The quantitative estimate of drug-likeness (QED) is 0.708. The Kier molecular flexibility index (Phi) is 5.30. The highest BCUT2D eigenvalue weighted by Crippen LogP contribution is 2.31. The minimum Gasteiger partial charge on any atom is -0.325 e. The van der Waals surface area contributed by atoms with E-state index in [1.165, 1.54) is 0 Å². The van der Waals surface area contributed by atoms with Crippen LogP contribution in [0.5, 0.6) is 0 Å². The molecule has 29 heavy (non-hydrogen) atoms. The van der Waals surface area contributed by atoms with Crippen molar-refractivity contribution >= 4 is 34.1 Å². The minimum atomic E-state index is -0.379. The predicted octanol–water partition coefficient (Wildman–Crippen LogP) is 4.35. The summed E-state index contributed by atoms with van der Waals surface area (Å²) in [5, 5.41) is 4.10. The number of anilines is 2. The lowest BCUT2D eigenvalue weighted by molar-refractivity contribution is -0.122. The van der Waals surface area contributed by atoms with Crippen molar-refractivity contribution in [2.24, 2.45) is 5.92 Å². The first-order chi connectivity index (χ1) is 14.1. The van der Waals surface area contributed by atoms with Crippen LogP contribution in [0.4, 0.5) is 11.4 Å². The van der Waals surface area contributed by atoms with Gasteiger partial charge in [0.15, 0.2) is 0 Å². The van der Waals surface area contributed by atoms with E-state index in [0.29, 0.717) is 6.54 Å². The van der Waals surface area contributed by atoms with Crippen LogP contribution in [0.2, 0.25) is 0 Å². The van der Waals surface area contributed by atoms with Gasteiger partial charge in [-0.15, -0.1) is 0 Å². The summed E-state index contributed by atoms with van der Waals surface area (Å²) in [6.07, 6.45) is 3.64. The summed E-state index contributed by atoms with van der Waals surface area (Å²) < 4.78 is 0. The molecule has 5 heteroatoms. The van der Waals surface area contributed by atoms with Gasteiger partial charge in [0.05, 0.1) is 17.1 Å². The van der Waals surface area contributed by atoms with Crippen LogP contribution >= 0.6 is 0 Å². The van der Waals surface area contributed by atoms with E-state index in [1.54, 1.807) is 11.1 Å². The van der Waals surface area contributed by atoms with Crippen molar-refractivity contribution in [3.05, 3.63) is 65.9 Å². The molecule has 1 aromatic heterocycles. The number of benzene rings is 2. The Hall–Kier alpha value is -3.21. The number of para-hydroxylation sites is 2.